The Labute approximate surface area is 87.7 Å². The number of hydrogen-bond donors (Lipinski definition) is 2. The summed E-state index contributed by atoms with van der Waals surface area (Å²) in [6.45, 7) is 2.80. The van der Waals surface area contributed by atoms with Gasteiger partial charge in [-0.2, -0.15) is 0 Å². The Balaban J connectivity index is 1.99. The Morgan fingerprint density at radius 3 is 2.33 bits per heavy atom. The smallest absolute Gasteiger partial charge is 0.335 e. The predicted octanol–water partition coefficient (Wildman–Crippen LogP) is -0.166. The van der Waals surface area contributed by atoms with Crippen LogP contribution in [0.3, 0.4) is 0 Å². The summed E-state index contributed by atoms with van der Waals surface area (Å²) in [7, 11) is 0. The van der Waals surface area contributed by atoms with Gasteiger partial charge in [0.25, 0.3) is 0 Å². The molecule has 0 atom stereocenters. The Hall–Kier alpha value is -1.10. The third-order valence-corrected chi connectivity index (χ3v) is 3.62. The summed E-state index contributed by atoms with van der Waals surface area (Å²) >= 11 is 0. The Kier molecular flexibility index (Phi) is 2.05. The molecule has 2 fully saturated rings. The molecular weight excluding hydrogens is 198 g/mol. The van der Waals surface area contributed by atoms with E-state index in [1.165, 1.54) is 6.92 Å². The van der Waals surface area contributed by atoms with Crippen molar-refractivity contribution in [3.05, 3.63) is 0 Å². The van der Waals surface area contributed by atoms with E-state index in [0.717, 1.165) is 6.42 Å². The van der Waals surface area contributed by atoms with E-state index in [9.17, 15) is 14.7 Å². The molecule has 2 rings (SSSR count). The first-order valence-corrected chi connectivity index (χ1v) is 5.08. The molecule has 1 saturated carbocycles. The zero-order valence-corrected chi connectivity index (χ0v) is 8.69. The summed E-state index contributed by atoms with van der Waals surface area (Å²) in [5, 5.41) is 18.4. The molecule has 0 aromatic carbocycles. The fourth-order valence-electron chi connectivity index (χ4n) is 2.83. The van der Waals surface area contributed by atoms with Crippen LogP contribution in [-0.4, -0.2) is 45.7 Å². The third-order valence-electron chi connectivity index (χ3n) is 3.62. The first kappa shape index (κ1) is 10.4. The number of nitrogens with zero attached hydrogens (tertiary/aromatic N) is 1. The normalized spacial score (nSPS) is 39.2. The molecule has 84 valence electrons. The lowest BCUT2D eigenvalue weighted by molar-refractivity contribution is -0.185. The van der Waals surface area contributed by atoms with Gasteiger partial charge in [-0.25, -0.2) is 4.79 Å². The molecule has 0 aromatic heterocycles. The fourth-order valence-corrected chi connectivity index (χ4v) is 2.83. The minimum Gasteiger partial charge on any atom is -0.479 e. The third kappa shape index (κ3) is 1.51. The first-order chi connectivity index (χ1) is 6.87. The van der Waals surface area contributed by atoms with Gasteiger partial charge in [0.1, 0.15) is 0 Å². The highest BCUT2D eigenvalue weighted by atomic mass is 16.4. The standard InChI is InChI=1S/C10H15NO4/c1-7(12)11-3-2-9(6-11)4-10(15,5-9)8(13)14/h15H,2-6H2,1H3,(H,13,14). The minimum atomic E-state index is -1.55. The summed E-state index contributed by atoms with van der Waals surface area (Å²) < 4.78 is 0. The van der Waals surface area contributed by atoms with Crippen molar-refractivity contribution in [1.82, 2.24) is 4.90 Å². The predicted molar refractivity (Wildman–Crippen MR) is 51.1 cm³/mol. The van der Waals surface area contributed by atoms with E-state index in [1.54, 1.807) is 4.90 Å². The Bertz CT molecular complexity index is 319. The van der Waals surface area contributed by atoms with Gasteiger partial charge in [0.05, 0.1) is 0 Å². The number of aliphatic hydroxyl groups is 1. The van der Waals surface area contributed by atoms with Crippen LogP contribution < -0.4 is 0 Å². The number of rotatable bonds is 1. The number of carboxylic acids is 1. The van der Waals surface area contributed by atoms with E-state index >= 15 is 0 Å². The molecular formula is C10H15NO4. The molecule has 2 N–H and O–H groups in total. The molecule has 0 unspecified atom stereocenters. The summed E-state index contributed by atoms with van der Waals surface area (Å²) in [6, 6.07) is 0. The van der Waals surface area contributed by atoms with E-state index in [4.69, 9.17) is 5.11 Å². The number of carbonyl (C=O) groups excluding carboxylic acids is 1. The Morgan fingerprint density at radius 2 is 1.93 bits per heavy atom. The number of carboxylic acid groups (broad SMARTS) is 1. The average molecular weight is 213 g/mol. The quantitative estimate of drug-likeness (QED) is 0.634. The van der Waals surface area contributed by atoms with Crippen molar-refractivity contribution >= 4 is 11.9 Å². The first-order valence-electron chi connectivity index (χ1n) is 5.08. The second-order valence-corrected chi connectivity index (χ2v) is 4.88. The molecule has 0 bridgehead atoms. The van der Waals surface area contributed by atoms with Crippen LogP contribution in [0, 0.1) is 5.41 Å². The molecule has 0 aromatic rings. The highest BCUT2D eigenvalue weighted by molar-refractivity contribution is 5.79. The number of likely N-dealkylation sites (tertiary alicyclic amines) is 1. The van der Waals surface area contributed by atoms with E-state index in [0.29, 0.717) is 13.1 Å². The van der Waals surface area contributed by atoms with Crippen molar-refractivity contribution in [2.24, 2.45) is 5.41 Å². The van der Waals surface area contributed by atoms with Crippen molar-refractivity contribution in [2.45, 2.75) is 31.8 Å². The van der Waals surface area contributed by atoms with Crippen molar-refractivity contribution in [3.63, 3.8) is 0 Å². The van der Waals surface area contributed by atoms with Crippen molar-refractivity contribution in [2.75, 3.05) is 13.1 Å². The minimum absolute atomic E-state index is 0.0256. The Morgan fingerprint density at radius 1 is 1.33 bits per heavy atom. The van der Waals surface area contributed by atoms with Gasteiger partial charge >= 0.3 is 5.97 Å². The van der Waals surface area contributed by atoms with Gasteiger partial charge in [0.2, 0.25) is 5.91 Å². The maximum absolute atomic E-state index is 11.1. The number of carbonyl (C=O) groups is 2. The van der Waals surface area contributed by atoms with Crippen molar-refractivity contribution in [3.8, 4) is 0 Å². The number of aliphatic carboxylic acids is 1. The summed E-state index contributed by atoms with van der Waals surface area (Å²) in [5.74, 6) is -1.12. The van der Waals surface area contributed by atoms with E-state index < -0.39 is 11.6 Å². The van der Waals surface area contributed by atoms with Gasteiger partial charge < -0.3 is 15.1 Å². The van der Waals surface area contributed by atoms with E-state index in [1.807, 2.05) is 0 Å². The zero-order valence-electron chi connectivity index (χ0n) is 8.69. The molecule has 2 aliphatic rings. The highest BCUT2D eigenvalue weighted by Gasteiger charge is 2.60. The van der Waals surface area contributed by atoms with Gasteiger partial charge in [-0.05, 0) is 24.7 Å². The molecule has 5 heteroatoms. The summed E-state index contributed by atoms with van der Waals surface area (Å²) in [4.78, 5) is 23.6. The van der Waals surface area contributed by atoms with Crippen LogP contribution in [-0.2, 0) is 9.59 Å². The number of amides is 1. The second-order valence-electron chi connectivity index (χ2n) is 4.88. The largest absolute Gasteiger partial charge is 0.479 e. The van der Waals surface area contributed by atoms with Crippen LogP contribution in [0.2, 0.25) is 0 Å². The van der Waals surface area contributed by atoms with Crippen LogP contribution in [0.5, 0.6) is 0 Å². The monoisotopic (exact) mass is 213 g/mol. The van der Waals surface area contributed by atoms with Crippen LogP contribution in [0.25, 0.3) is 0 Å². The van der Waals surface area contributed by atoms with Gasteiger partial charge in [-0.15, -0.1) is 0 Å². The van der Waals surface area contributed by atoms with Gasteiger partial charge in [-0.1, -0.05) is 0 Å². The van der Waals surface area contributed by atoms with Gasteiger partial charge in [0, 0.05) is 20.0 Å². The molecule has 1 aliphatic heterocycles. The van der Waals surface area contributed by atoms with Gasteiger partial charge in [-0.3, -0.25) is 4.79 Å². The average Bonchev–Trinajstić information content (AvgIpc) is 2.47. The molecule has 1 saturated heterocycles. The van der Waals surface area contributed by atoms with Crippen LogP contribution in [0.15, 0.2) is 0 Å². The summed E-state index contributed by atoms with van der Waals surface area (Å²) in [6.07, 6.45) is 1.36. The number of hydrogen-bond acceptors (Lipinski definition) is 3. The van der Waals surface area contributed by atoms with Crippen LogP contribution in [0.4, 0.5) is 0 Å². The SMILES string of the molecule is CC(=O)N1CCC2(C1)CC(O)(C(=O)O)C2. The van der Waals surface area contributed by atoms with E-state index in [2.05, 4.69) is 0 Å². The fraction of sp³-hybridized carbons (Fsp3) is 0.800. The lowest BCUT2D eigenvalue weighted by Crippen LogP contribution is -2.57. The molecule has 1 amide bonds. The molecule has 1 aliphatic carbocycles. The summed E-state index contributed by atoms with van der Waals surface area (Å²) in [5.41, 5.74) is -1.69. The molecule has 1 spiro atoms. The van der Waals surface area contributed by atoms with Gasteiger partial charge in [0.15, 0.2) is 5.60 Å². The highest BCUT2D eigenvalue weighted by Crippen LogP contribution is 2.53. The van der Waals surface area contributed by atoms with Crippen molar-refractivity contribution < 1.29 is 19.8 Å². The molecule has 15 heavy (non-hydrogen) atoms. The molecule has 5 nitrogen and oxygen atoms in total. The topological polar surface area (TPSA) is 77.8 Å². The lowest BCUT2D eigenvalue weighted by Gasteiger charge is -2.48. The second kappa shape index (κ2) is 2.95. The lowest BCUT2D eigenvalue weighted by atomic mass is 9.58. The van der Waals surface area contributed by atoms with Crippen LogP contribution >= 0.6 is 0 Å². The van der Waals surface area contributed by atoms with Crippen LogP contribution in [0.1, 0.15) is 26.2 Å². The maximum atomic E-state index is 11.1. The van der Waals surface area contributed by atoms with E-state index in [-0.39, 0.29) is 24.2 Å². The maximum Gasteiger partial charge on any atom is 0.335 e. The molecule has 1 heterocycles. The zero-order chi connectivity index (χ0) is 11.3. The molecule has 0 radical (unpaired) electrons. The van der Waals surface area contributed by atoms with Crippen molar-refractivity contribution in [1.29, 1.82) is 0 Å².